The molecular weight excluding hydrogens is 358 g/mol. The van der Waals surface area contributed by atoms with Crippen molar-refractivity contribution in [2.75, 3.05) is 36.1 Å². The number of carbonyl (C=O) groups is 1. The number of pyridine rings is 1. The van der Waals surface area contributed by atoms with E-state index < -0.39 is 28.6 Å². The van der Waals surface area contributed by atoms with Gasteiger partial charge in [0.25, 0.3) is 0 Å². The molecule has 2 aromatic rings. The lowest BCUT2D eigenvalue weighted by atomic mass is 10.1. The lowest BCUT2D eigenvalue weighted by Gasteiger charge is -2.26. The van der Waals surface area contributed by atoms with Crippen LogP contribution in [0.3, 0.4) is 0 Å². The minimum atomic E-state index is -1.43. The Morgan fingerprint density at radius 1 is 1.22 bits per heavy atom. The van der Waals surface area contributed by atoms with Gasteiger partial charge in [-0.2, -0.15) is 0 Å². The summed E-state index contributed by atoms with van der Waals surface area (Å²) in [5, 5.41) is 10.8. The van der Waals surface area contributed by atoms with Crippen LogP contribution < -0.4 is 21.1 Å². The van der Waals surface area contributed by atoms with Crippen molar-refractivity contribution in [1.82, 2.24) is 4.68 Å². The first-order chi connectivity index (χ1) is 12.9. The molecule has 2 aliphatic heterocycles. The number of nitrogens with zero attached hydrogens (tertiary/aromatic N) is 3. The standard InChI is InChI=1S/C18H20F2N4O3/c19-13-7-11-15(14(20)16(13)22-6-3-10(21)8-22)24(23-4-1-2-5-23)9-12(17(11)25)18(26)27/h7,9-10H,1-6,8,21H2,(H,26,27). The number of nitrogens with two attached hydrogens (primary N) is 1. The lowest BCUT2D eigenvalue weighted by Crippen LogP contribution is -2.35. The lowest BCUT2D eigenvalue weighted by molar-refractivity contribution is 0.0695. The molecule has 1 unspecified atom stereocenters. The molecule has 2 aliphatic rings. The van der Waals surface area contributed by atoms with Crippen molar-refractivity contribution in [3.8, 4) is 0 Å². The maximum absolute atomic E-state index is 15.5. The van der Waals surface area contributed by atoms with Crippen LogP contribution in [0.5, 0.6) is 0 Å². The van der Waals surface area contributed by atoms with E-state index in [2.05, 4.69) is 0 Å². The van der Waals surface area contributed by atoms with Crippen molar-refractivity contribution in [3.63, 3.8) is 0 Å². The Bertz CT molecular complexity index is 985. The molecular formula is C18H20F2N4O3. The Morgan fingerprint density at radius 3 is 2.52 bits per heavy atom. The zero-order chi connectivity index (χ0) is 19.3. The van der Waals surface area contributed by atoms with Gasteiger partial charge < -0.3 is 20.7 Å². The van der Waals surface area contributed by atoms with Gasteiger partial charge in [0.1, 0.15) is 22.6 Å². The highest BCUT2D eigenvalue weighted by atomic mass is 19.1. The molecule has 7 nitrogen and oxygen atoms in total. The number of anilines is 1. The molecule has 2 saturated heterocycles. The van der Waals surface area contributed by atoms with Crippen molar-refractivity contribution in [3.05, 3.63) is 39.7 Å². The third kappa shape index (κ3) is 2.82. The molecule has 0 amide bonds. The first-order valence-corrected chi connectivity index (χ1v) is 8.95. The second-order valence-corrected chi connectivity index (χ2v) is 7.09. The van der Waals surface area contributed by atoms with Crippen molar-refractivity contribution in [1.29, 1.82) is 0 Å². The SMILES string of the molecule is NC1CCN(c2c(F)cc3c(=O)c(C(=O)O)cn(N4CCCC4)c3c2F)C1. The third-order valence-corrected chi connectivity index (χ3v) is 5.30. The number of aromatic nitrogens is 1. The summed E-state index contributed by atoms with van der Waals surface area (Å²) in [5.41, 5.74) is 4.15. The quantitative estimate of drug-likeness (QED) is 0.835. The zero-order valence-corrected chi connectivity index (χ0v) is 14.6. The number of halogens is 2. The summed E-state index contributed by atoms with van der Waals surface area (Å²) < 4.78 is 31.6. The van der Waals surface area contributed by atoms with Gasteiger partial charge in [0.05, 0.1) is 5.39 Å². The number of hydrogen-bond acceptors (Lipinski definition) is 5. The summed E-state index contributed by atoms with van der Waals surface area (Å²) in [7, 11) is 0. The molecule has 0 bridgehead atoms. The van der Waals surface area contributed by atoms with Gasteiger partial charge in [0.2, 0.25) is 5.43 Å². The number of rotatable bonds is 3. The van der Waals surface area contributed by atoms with E-state index in [1.165, 1.54) is 4.68 Å². The van der Waals surface area contributed by atoms with Crippen LogP contribution in [0.1, 0.15) is 29.6 Å². The molecule has 2 fully saturated rings. The predicted octanol–water partition coefficient (Wildman–Crippen LogP) is 1.25. The molecule has 3 N–H and O–H groups in total. The molecule has 144 valence electrons. The van der Waals surface area contributed by atoms with E-state index in [1.807, 2.05) is 0 Å². The van der Waals surface area contributed by atoms with E-state index in [-0.39, 0.29) is 22.6 Å². The summed E-state index contributed by atoms with van der Waals surface area (Å²) in [5.74, 6) is -3.17. The third-order valence-electron chi connectivity index (χ3n) is 5.30. The Balaban J connectivity index is 2.02. The largest absolute Gasteiger partial charge is 0.477 e. The summed E-state index contributed by atoms with van der Waals surface area (Å²) in [6.07, 6.45) is 3.49. The Labute approximate surface area is 153 Å². The molecule has 0 radical (unpaired) electrons. The highest BCUT2D eigenvalue weighted by Gasteiger charge is 2.29. The van der Waals surface area contributed by atoms with Crippen molar-refractivity contribution in [2.45, 2.75) is 25.3 Å². The monoisotopic (exact) mass is 378 g/mol. The Hall–Kier alpha value is -2.68. The molecule has 0 aliphatic carbocycles. The summed E-state index contributed by atoms with van der Waals surface area (Å²) in [6.45, 7) is 1.93. The van der Waals surface area contributed by atoms with Gasteiger partial charge in [-0.15, -0.1) is 0 Å². The molecule has 9 heteroatoms. The van der Waals surface area contributed by atoms with Crippen LogP contribution in [-0.2, 0) is 0 Å². The van der Waals surface area contributed by atoms with E-state index in [4.69, 9.17) is 5.73 Å². The molecule has 1 aromatic carbocycles. The Kier molecular flexibility index (Phi) is 4.26. The Morgan fingerprint density at radius 2 is 1.93 bits per heavy atom. The second kappa shape index (κ2) is 6.49. The number of carboxylic acid groups (broad SMARTS) is 1. The van der Waals surface area contributed by atoms with Crippen LogP contribution in [0.25, 0.3) is 10.9 Å². The van der Waals surface area contributed by atoms with E-state index in [9.17, 15) is 19.1 Å². The van der Waals surface area contributed by atoms with Gasteiger partial charge in [-0.25, -0.2) is 13.6 Å². The van der Waals surface area contributed by atoms with Gasteiger partial charge in [0.15, 0.2) is 5.82 Å². The highest BCUT2D eigenvalue weighted by Crippen LogP contribution is 2.32. The number of benzene rings is 1. The fourth-order valence-corrected chi connectivity index (χ4v) is 3.96. The van der Waals surface area contributed by atoms with Gasteiger partial charge in [-0.1, -0.05) is 0 Å². The topological polar surface area (TPSA) is 91.8 Å². The normalized spacial score (nSPS) is 20.0. The molecule has 1 atom stereocenters. The maximum atomic E-state index is 15.5. The van der Waals surface area contributed by atoms with Crippen molar-refractivity contribution in [2.24, 2.45) is 5.73 Å². The van der Waals surface area contributed by atoms with Crippen LogP contribution in [0, 0.1) is 11.6 Å². The predicted molar refractivity (Wildman–Crippen MR) is 97.1 cm³/mol. The molecule has 0 spiro atoms. The fraction of sp³-hybridized carbons (Fsp3) is 0.444. The van der Waals surface area contributed by atoms with Crippen LogP contribution in [0.2, 0.25) is 0 Å². The first kappa shape index (κ1) is 17.7. The van der Waals surface area contributed by atoms with Crippen LogP contribution in [-0.4, -0.2) is 48.0 Å². The average molecular weight is 378 g/mol. The van der Waals surface area contributed by atoms with E-state index in [0.29, 0.717) is 32.6 Å². The highest BCUT2D eigenvalue weighted by molar-refractivity contribution is 5.94. The van der Waals surface area contributed by atoms with Gasteiger partial charge in [-0.3, -0.25) is 9.47 Å². The fourth-order valence-electron chi connectivity index (χ4n) is 3.96. The van der Waals surface area contributed by atoms with Crippen molar-refractivity contribution >= 4 is 22.6 Å². The number of carboxylic acids is 1. The molecule has 4 rings (SSSR count). The van der Waals surface area contributed by atoms with E-state index in [0.717, 1.165) is 25.1 Å². The maximum Gasteiger partial charge on any atom is 0.341 e. The number of fused-ring (bicyclic) bond motifs is 1. The average Bonchev–Trinajstić information content (AvgIpc) is 3.27. The van der Waals surface area contributed by atoms with Crippen molar-refractivity contribution < 1.29 is 18.7 Å². The van der Waals surface area contributed by atoms with Crippen LogP contribution >= 0.6 is 0 Å². The molecule has 3 heterocycles. The molecule has 1 aromatic heterocycles. The van der Waals surface area contributed by atoms with Gasteiger partial charge >= 0.3 is 5.97 Å². The first-order valence-electron chi connectivity index (χ1n) is 8.95. The van der Waals surface area contributed by atoms with Crippen LogP contribution in [0.15, 0.2) is 17.1 Å². The number of hydrogen-bond donors (Lipinski definition) is 2. The second-order valence-electron chi connectivity index (χ2n) is 7.09. The van der Waals surface area contributed by atoms with E-state index in [1.54, 1.807) is 9.91 Å². The summed E-state index contributed by atoms with van der Waals surface area (Å²) in [4.78, 5) is 25.6. The zero-order valence-electron chi connectivity index (χ0n) is 14.6. The van der Waals surface area contributed by atoms with Gasteiger partial charge in [0, 0.05) is 38.4 Å². The summed E-state index contributed by atoms with van der Waals surface area (Å²) >= 11 is 0. The van der Waals surface area contributed by atoms with Gasteiger partial charge in [-0.05, 0) is 25.3 Å². The van der Waals surface area contributed by atoms with E-state index >= 15 is 4.39 Å². The molecule has 27 heavy (non-hydrogen) atoms. The summed E-state index contributed by atoms with van der Waals surface area (Å²) in [6, 6.07) is 0.772. The smallest absolute Gasteiger partial charge is 0.341 e. The minimum absolute atomic E-state index is 0.0937. The molecule has 0 saturated carbocycles. The van der Waals surface area contributed by atoms with Crippen LogP contribution in [0.4, 0.5) is 14.5 Å². The number of aromatic carboxylic acids is 1. The minimum Gasteiger partial charge on any atom is -0.477 e.